The maximum Gasteiger partial charge on any atom is 0.187 e. The number of hydrogen-bond donors (Lipinski definition) is 7. The first-order valence-electron chi connectivity index (χ1n) is 9.05. The largest absolute Gasteiger partial charge is 0.394 e. The molecule has 2 aliphatic rings. The van der Waals surface area contributed by atoms with Crippen LogP contribution in [-0.4, -0.2) is 117 Å². The van der Waals surface area contributed by atoms with Gasteiger partial charge in [0.15, 0.2) is 12.6 Å². The number of unbranched alkanes of at least 4 members (excludes halogenated alkanes) is 1. The summed E-state index contributed by atoms with van der Waals surface area (Å²) < 4.78 is 21.5. The molecule has 2 fully saturated rings. The summed E-state index contributed by atoms with van der Waals surface area (Å²) in [5.74, 6) is 0. The Kier molecular flexibility index (Phi) is 8.77. The maximum absolute atomic E-state index is 10.4. The summed E-state index contributed by atoms with van der Waals surface area (Å²) >= 11 is 0. The van der Waals surface area contributed by atoms with Gasteiger partial charge in [-0.05, 0) is 6.42 Å². The lowest BCUT2D eigenvalue weighted by Gasteiger charge is -2.45. The molecule has 27 heavy (non-hydrogen) atoms. The molecule has 160 valence electrons. The number of rotatable bonds is 8. The summed E-state index contributed by atoms with van der Waals surface area (Å²) in [6.45, 7) is 1.02. The Morgan fingerprint density at radius 1 is 0.741 bits per heavy atom. The van der Waals surface area contributed by atoms with E-state index in [4.69, 9.17) is 18.9 Å². The van der Waals surface area contributed by atoms with Crippen molar-refractivity contribution in [1.82, 2.24) is 0 Å². The van der Waals surface area contributed by atoms with E-state index in [0.29, 0.717) is 6.61 Å². The summed E-state index contributed by atoms with van der Waals surface area (Å²) in [6, 6.07) is 0. The molecule has 0 amide bonds. The van der Waals surface area contributed by atoms with Gasteiger partial charge in [0.1, 0.15) is 48.8 Å². The van der Waals surface area contributed by atoms with Gasteiger partial charge in [0.2, 0.25) is 0 Å². The quantitative estimate of drug-likeness (QED) is 0.201. The molecular weight excluding hydrogens is 368 g/mol. The van der Waals surface area contributed by atoms with E-state index >= 15 is 0 Å². The number of aliphatic hydroxyl groups is 7. The Balaban J connectivity index is 2.06. The minimum absolute atomic E-state index is 0.293. The van der Waals surface area contributed by atoms with Crippen LogP contribution in [0, 0.1) is 0 Å². The third kappa shape index (κ3) is 5.14. The molecule has 11 nitrogen and oxygen atoms in total. The third-order valence-electron chi connectivity index (χ3n) is 4.74. The second kappa shape index (κ2) is 10.4. The van der Waals surface area contributed by atoms with Crippen molar-refractivity contribution in [2.24, 2.45) is 0 Å². The Morgan fingerprint density at radius 2 is 1.33 bits per heavy atom. The number of ether oxygens (including phenoxy) is 4. The molecule has 7 N–H and O–H groups in total. The molecule has 0 aromatic carbocycles. The van der Waals surface area contributed by atoms with Gasteiger partial charge in [-0.15, -0.1) is 0 Å². The van der Waals surface area contributed by atoms with Crippen molar-refractivity contribution >= 4 is 0 Å². The SMILES string of the molecule is CCCCO[C@@H]1O[C@H](CO)[C@@H](O[C@@H]2O[C@H](CO)[C@@H](O)[C@H](O)[C@H]2O)[C@H](O)[C@H]1O. The van der Waals surface area contributed by atoms with Crippen LogP contribution in [0.5, 0.6) is 0 Å². The van der Waals surface area contributed by atoms with Crippen LogP contribution in [0.25, 0.3) is 0 Å². The standard InChI is InChI=1S/C16H30O11/c1-2-3-4-24-15-13(23)11(21)14(8(6-18)26-15)27-16-12(22)10(20)9(19)7(5-17)25-16/h7-23H,2-6H2,1H3/t7-,8-,9-,10+,11-,12-,13-,14-,15-,16+/m1/s1. The first-order valence-corrected chi connectivity index (χ1v) is 9.05. The van der Waals surface area contributed by atoms with E-state index in [1.165, 1.54) is 0 Å². The normalized spacial score (nSPS) is 45.8. The van der Waals surface area contributed by atoms with Crippen molar-refractivity contribution < 1.29 is 54.7 Å². The van der Waals surface area contributed by atoms with Gasteiger partial charge in [0, 0.05) is 6.61 Å². The Morgan fingerprint density at radius 3 is 1.93 bits per heavy atom. The zero-order valence-corrected chi connectivity index (χ0v) is 15.1. The highest BCUT2D eigenvalue weighted by Crippen LogP contribution is 2.29. The molecule has 0 unspecified atom stereocenters. The molecule has 2 saturated heterocycles. The monoisotopic (exact) mass is 398 g/mol. The first-order chi connectivity index (χ1) is 12.8. The van der Waals surface area contributed by atoms with E-state index in [1.807, 2.05) is 6.92 Å². The van der Waals surface area contributed by atoms with Gasteiger partial charge in [-0.25, -0.2) is 0 Å². The Bertz CT molecular complexity index is 435. The first kappa shape index (κ1) is 22.8. The van der Waals surface area contributed by atoms with Gasteiger partial charge in [0.25, 0.3) is 0 Å². The Labute approximate surface area is 156 Å². The zero-order valence-electron chi connectivity index (χ0n) is 15.1. The van der Waals surface area contributed by atoms with Crippen LogP contribution < -0.4 is 0 Å². The van der Waals surface area contributed by atoms with Crippen molar-refractivity contribution in [3.63, 3.8) is 0 Å². The maximum atomic E-state index is 10.4. The fraction of sp³-hybridized carbons (Fsp3) is 1.00. The highest BCUT2D eigenvalue weighted by atomic mass is 16.7. The highest BCUT2D eigenvalue weighted by Gasteiger charge is 2.50. The van der Waals surface area contributed by atoms with Crippen LogP contribution in [0.1, 0.15) is 19.8 Å². The van der Waals surface area contributed by atoms with Crippen LogP contribution >= 0.6 is 0 Å². The average molecular weight is 398 g/mol. The van der Waals surface area contributed by atoms with Gasteiger partial charge in [-0.3, -0.25) is 0 Å². The minimum Gasteiger partial charge on any atom is -0.394 e. The highest BCUT2D eigenvalue weighted by molar-refractivity contribution is 4.94. The molecule has 11 heteroatoms. The fourth-order valence-corrected chi connectivity index (χ4v) is 3.04. The third-order valence-corrected chi connectivity index (χ3v) is 4.74. The van der Waals surface area contributed by atoms with E-state index in [2.05, 4.69) is 0 Å². The Hall–Kier alpha value is -0.440. The van der Waals surface area contributed by atoms with Gasteiger partial charge in [0.05, 0.1) is 13.2 Å². The second-order valence-corrected chi connectivity index (χ2v) is 6.73. The summed E-state index contributed by atoms with van der Waals surface area (Å²) in [5.41, 5.74) is 0. The van der Waals surface area contributed by atoms with E-state index in [-0.39, 0.29) is 0 Å². The minimum atomic E-state index is -1.69. The van der Waals surface area contributed by atoms with Crippen molar-refractivity contribution in [3.8, 4) is 0 Å². The molecule has 0 saturated carbocycles. The van der Waals surface area contributed by atoms with Crippen LogP contribution in [0.15, 0.2) is 0 Å². The molecule has 0 radical (unpaired) electrons. The lowest BCUT2D eigenvalue weighted by atomic mass is 9.97. The molecule has 2 heterocycles. The van der Waals surface area contributed by atoms with Crippen LogP contribution in [-0.2, 0) is 18.9 Å². The molecule has 2 aliphatic heterocycles. The van der Waals surface area contributed by atoms with Crippen molar-refractivity contribution in [2.45, 2.75) is 81.2 Å². The van der Waals surface area contributed by atoms with Crippen molar-refractivity contribution in [3.05, 3.63) is 0 Å². The molecule has 0 aromatic rings. The molecule has 0 spiro atoms. The number of hydrogen-bond acceptors (Lipinski definition) is 11. The fourth-order valence-electron chi connectivity index (χ4n) is 3.04. The zero-order chi connectivity index (χ0) is 20.1. The molecule has 10 atom stereocenters. The average Bonchev–Trinajstić information content (AvgIpc) is 2.67. The van der Waals surface area contributed by atoms with E-state index in [1.54, 1.807) is 0 Å². The van der Waals surface area contributed by atoms with E-state index in [0.717, 1.165) is 12.8 Å². The second-order valence-electron chi connectivity index (χ2n) is 6.73. The topological polar surface area (TPSA) is 179 Å². The lowest BCUT2D eigenvalue weighted by molar-refractivity contribution is -0.359. The van der Waals surface area contributed by atoms with Gasteiger partial charge in [-0.2, -0.15) is 0 Å². The molecular formula is C16H30O11. The molecule has 0 aromatic heterocycles. The predicted octanol–water partition coefficient (Wildman–Crippen LogP) is -3.57. The van der Waals surface area contributed by atoms with Gasteiger partial charge in [-0.1, -0.05) is 13.3 Å². The van der Waals surface area contributed by atoms with Crippen molar-refractivity contribution in [2.75, 3.05) is 19.8 Å². The molecule has 2 rings (SSSR count). The summed E-state index contributed by atoms with van der Waals surface area (Å²) in [7, 11) is 0. The summed E-state index contributed by atoms with van der Waals surface area (Å²) in [5, 5.41) is 69.0. The summed E-state index contributed by atoms with van der Waals surface area (Å²) in [6.07, 6.45) is -12.7. The van der Waals surface area contributed by atoms with Crippen molar-refractivity contribution in [1.29, 1.82) is 0 Å². The van der Waals surface area contributed by atoms with Gasteiger partial charge < -0.3 is 54.7 Å². The summed E-state index contributed by atoms with van der Waals surface area (Å²) in [4.78, 5) is 0. The smallest absolute Gasteiger partial charge is 0.187 e. The van der Waals surface area contributed by atoms with Crippen LogP contribution in [0.4, 0.5) is 0 Å². The molecule has 0 aliphatic carbocycles. The molecule has 0 bridgehead atoms. The van der Waals surface area contributed by atoms with Gasteiger partial charge >= 0.3 is 0 Å². The van der Waals surface area contributed by atoms with Crippen LogP contribution in [0.2, 0.25) is 0 Å². The lowest BCUT2D eigenvalue weighted by Crippen LogP contribution is -2.64. The predicted molar refractivity (Wildman–Crippen MR) is 87.3 cm³/mol. The van der Waals surface area contributed by atoms with E-state index in [9.17, 15) is 35.7 Å². The van der Waals surface area contributed by atoms with E-state index < -0.39 is 74.6 Å². The van der Waals surface area contributed by atoms with Crippen LogP contribution in [0.3, 0.4) is 0 Å². The number of aliphatic hydroxyl groups excluding tert-OH is 7.